The number of nitrogens with zero attached hydrogens (tertiary/aromatic N) is 1. The first-order chi connectivity index (χ1) is 6.70. The maximum atomic E-state index is 5.34. The predicted octanol–water partition coefficient (Wildman–Crippen LogP) is 2.95. The minimum Gasteiger partial charge on any atom is -0.257 e. The quantitative estimate of drug-likeness (QED) is 0.593. The summed E-state index contributed by atoms with van der Waals surface area (Å²) >= 11 is 0. The van der Waals surface area contributed by atoms with Gasteiger partial charge in [0.2, 0.25) is 0 Å². The summed E-state index contributed by atoms with van der Waals surface area (Å²) in [4.78, 5) is 4.58. The summed E-state index contributed by atoms with van der Waals surface area (Å²) in [5, 5.41) is 0. The topological polar surface area (TPSA) is 12.4 Å². The highest BCUT2D eigenvalue weighted by Crippen LogP contribution is 2.29. The van der Waals surface area contributed by atoms with Gasteiger partial charge in [-0.3, -0.25) is 4.99 Å². The maximum absolute atomic E-state index is 5.34. The minimum absolute atomic E-state index is 0.525. The SMILES string of the molecule is C#Cc1ccc2c(c1)N=C(C(C)C)C2. The van der Waals surface area contributed by atoms with Crippen LogP contribution in [0.25, 0.3) is 0 Å². The van der Waals surface area contributed by atoms with Crippen molar-refractivity contribution in [2.75, 3.05) is 0 Å². The molecule has 0 aromatic heterocycles. The molecule has 1 aliphatic rings. The van der Waals surface area contributed by atoms with Gasteiger partial charge in [-0.2, -0.15) is 0 Å². The second kappa shape index (κ2) is 3.31. The van der Waals surface area contributed by atoms with Gasteiger partial charge >= 0.3 is 0 Å². The summed E-state index contributed by atoms with van der Waals surface area (Å²) in [5.41, 5.74) is 4.53. The van der Waals surface area contributed by atoms with E-state index in [0.717, 1.165) is 17.7 Å². The molecule has 0 radical (unpaired) electrons. The second-order valence-corrected chi connectivity index (χ2v) is 3.92. The summed E-state index contributed by atoms with van der Waals surface area (Å²) in [6.07, 6.45) is 6.32. The average Bonchev–Trinajstić information content (AvgIpc) is 2.59. The van der Waals surface area contributed by atoms with Crippen LogP contribution in [0.3, 0.4) is 0 Å². The molecule has 1 nitrogen and oxygen atoms in total. The van der Waals surface area contributed by atoms with Gasteiger partial charge in [0.25, 0.3) is 0 Å². The normalized spacial score (nSPS) is 13.7. The summed E-state index contributed by atoms with van der Waals surface area (Å²) < 4.78 is 0. The van der Waals surface area contributed by atoms with Crippen molar-refractivity contribution in [1.82, 2.24) is 0 Å². The molecule has 0 saturated carbocycles. The molecule has 0 aliphatic carbocycles. The van der Waals surface area contributed by atoms with E-state index in [1.165, 1.54) is 11.3 Å². The van der Waals surface area contributed by atoms with E-state index in [1.54, 1.807) is 0 Å². The molecule has 14 heavy (non-hydrogen) atoms. The molecule has 1 aliphatic heterocycles. The Hall–Kier alpha value is -1.55. The van der Waals surface area contributed by atoms with Gasteiger partial charge < -0.3 is 0 Å². The Balaban J connectivity index is 2.40. The average molecular weight is 183 g/mol. The fourth-order valence-corrected chi connectivity index (χ4v) is 1.63. The second-order valence-electron chi connectivity index (χ2n) is 3.92. The maximum Gasteiger partial charge on any atom is 0.0677 e. The van der Waals surface area contributed by atoms with Crippen molar-refractivity contribution in [2.24, 2.45) is 10.9 Å². The van der Waals surface area contributed by atoms with Crippen molar-refractivity contribution in [3.63, 3.8) is 0 Å². The third kappa shape index (κ3) is 1.44. The molecule has 0 atom stereocenters. The van der Waals surface area contributed by atoms with Crippen LogP contribution in [-0.2, 0) is 6.42 Å². The van der Waals surface area contributed by atoms with Crippen LogP contribution in [0.1, 0.15) is 25.0 Å². The van der Waals surface area contributed by atoms with Crippen LogP contribution in [-0.4, -0.2) is 5.71 Å². The Labute approximate surface area is 84.9 Å². The van der Waals surface area contributed by atoms with Gasteiger partial charge in [-0.1, -0.05) is 25.8 Å². The standard InChI is InChI=1S/C13H13N/c1-4-10-5-6-11-8-12(9(2)3)14-13(11)7-10/h1,5-7,9H,8H2,2-3H3. The van der Waals surface area contributed by atoms with Crippen LogP contribution in [0.5, 0.6) is 0 Å². The largest absolute Gasteiger partial charge is 0.257 e. The lowest BCUT2D eigenvalue weighted by Gasteiger charge is -2.01. The van der Waals surface area contributed by atoms with Crippen molar-refractivity contribution in [3.05, 3.63) is 29.3 Å². The van der Waals surface area contributed by atoms with Gasteiger partial charge in [-0.05, 0) is 23.6 Å². The zero-order chi connectivity index (χ0) is 10.1. The number of hydrogen-bond donors (Lipinski definition) is 0. The van der Waals surface area contributed by atoms with Gasteiger partial charge in [-0.25, -0.2) is 0 Å². The van der Waals surface area contributed by atoms with Gasteiger partial charge in [0.05, 0.1) is 5.69 Å². The van der Waals surface area contributed by atoms with Gasteiger partial charge in [0.15, 0.2) is 0 Å². The number of terminal acetylenes is 1. The zero-order valence-electron chi connectivity index (χ0n) is 8.54. The number of fused-ring (bicyclic) bond motifs is 1. The highest BCUT2D eigenvalue weighted by atomic mass is 14.8. The Morgan fingerprint density at radius 2 is 2.21 bits per heavy atom. The third-order valence-corrected chi connectivity index (χ3v) is 2.55. The van der Waals surface area contributed by atoms with Gasteiger partial charge in [-0.15, -0.1) is 6.42 Å². The van der Waals surface area contributed by atoms with Crippen LogP contribution < -0.4 is 0 Å². The molecule has 0 saturated heterocycles. The number of aliphatic imine (C=N–C) groups is 1. The molecular formula is C13H13N. The molecule has 1 aromatic rings. The molecule has 1 aromatic carbocycles. The van der Waals surface area contributed by atoms with Gasteiger partial charge in [0, 0.05) is 17.7 Å². The lowest BCUT2D eigenvalue weighted by Crippen LogP contribution is -2.06. The Kier molecular flexibility index (Phi) is 2.13. The van der Waals surface area contributed by atoms with E-state index in [-0.39, 0.29) is 0 Å². The van der Waals surface area contributed by atoms with Crippen molar-refractivity contribution in [2.45, 2.75) is 20.3 Å². The number of rotatable bonds is 1. The molecule has 1 heteroatoms. The molecule has 70 valence electrons. The van der Waals surface area contributed by atoms with Crippen molar-refractivity contribution >= 4 is 11.4 Å². The molecule has 0 amide bonds. The molecular weight excluding hydrogens is 170 g/mol. The molecule has 0 N–H and O–H groups in total. The van der Waals surface area contributed by atoms with Crippen LogP contribution in [0.2, 0.25) is 0 Å². The lowest BCUT2D eigenvalue weighted by atomic mass is 10.0. The fourth-order valence-electron chi connectivity index (χ4n) is 1.63. The molecule has 0 unspecified atom stereocenters. The van der Waals surface area contributed by atoms with E-state index in [0.29, 0.717) is 5.92 Å². The Morgan fingerprint density at radius 1 is 1.43 bits per heavy atom. The fraction of sp³-hybridized carbons (Fsp3) is 0.308. The van der Waals surface area contributed by atoms with Crippen LogP contribution >= 0.6 is 0 Å². The first-order valence-electron chi connectivity index (χ1n) is 4.87. The van der Waals surface area contributed by atoms with Crippen molar-refractivity contribution < 1.29 is 0 Å². The summed E-state index contributed by atoms with van der Waals surface area (Å²) in [6, 6.07) is 6.06. The van der Waals surface area contributed by atoms with Crippen molar-refractivity contribution in [3.8, 4) is 12.3 Å². The molecule has 1 heterocycles. The zero-order valence-corrected chi connectivity index (χ0v) is 8.54. The first kappa shape index (κ1) is 9.02. The molecule has 0 fully saturated rings. The highest BCUT2D eigenvalue weighted by molar-refractivity contribution is 5.95. The van der Waals surface area contributed by atoms with E-state index >= 15 is 0 Å². The first-order valence-corrected chi connectivity index (χ1v) is 4.87. The minimum atomic E-state index is 0.525. The van der Waals surface area contributed by atoms with E-state index in [9.17, 15) is 0 Å². The van der Waals surface area contributed by atoms with E-state index in [4.69, 9.17) is 6.42 Å². The summed E-state index contributed by atoms with van der Waals surface area (Å²) in [7, 11) is 0. The van der Waals surface area contributed by atoms with Crippen LogP contribution in [0.15, 0.2) is 23.2 Å². The van der Waals surface area contributed by atoms with Crippen LogP contribution in [0.4, 0.5) is 5.69 Å². The Morgan fingerprint density at radius 3 is 2.86 bits per heavy atom. The Bertz CT molecular complexity index is 433. The molecule has 0 spiro atoms. The van der Waals surface area contributed by atoms with Crippen molar-refractivity contribution in [1.29, 1.82) is 0 Å². The predicted molar refractivity (Wildman–Crippen MR) is 60.0 cm³/mol. The van der Waals surface area contributed by atoms with E-state index < -0.39 is 0 Å². The van der Waals surface area contributed by atoms with Crippen LogP contribution in [0, 0.1) is 18.3 Å². The van der Waals surface area contributed by atoms with E-state index in [1.807, 2.05) is 12.1 Å². The monoisotopic (exact) mass is 183 g/mol. The third-order valence-electron chi connectivity index (χ3n) is 2.55. The lowest BCUT2D eigenvalue weighted by molar-refractivity contribution is 0.871. The summed E-state index contributed by atoms with van der Waals surface area (Å²) in [5.74, 6) is 3.16. The summed E-state index contributed by atoms with van der Waals surface area (Å²) in [6.45, 7) is 4.35. The number of benzene rings is 1. The smallest absolute Gasteiger partial charge is 0.0677 e. The van der Waals surface area contributed by atoms with Gasteiger partial charge in [0.1, 0.15) is 0 Å². The molecule has 2 rings (SSSR count). The van der Waals surface area contributed by atoms with E-state index in [2.05, 4.69) is 30.8 Å². The highest BCUT2D eigenvalue weighted by Gasteiger charge is 2.16. The molecule has 0 bridgehead atoms. The number of hydrogen-bond acceptors (Lipinski definition) is 1.